The Morgan fingerprint density at radius 2 is 1.97 bits per heavy atom. The quantitative estimate of drug-likeness (QED) is 0.607. The van der Waals surface area contributed by atoms with Crippen LogP contribution in [0.5, 0.6) is 0 Å². The van der Waals surface area contributed by atoms with E-state index in [2.05, 4.69) is 9.47 Å². The van der Waals surface area contributed by atoms with Crippen molar-refractivity contribution >= 4 is 34.5 Å². The van der Waals surface area contributed by atoms with Crippen molar-refractivity contribution in [1.29, 1.82) is 0 Å². The van der Waals surface area contributed by atoms with Gasteiger partial charge in [0.15, 0.2) is 17.0 Å². The first-order chi connectivity index (χ1) is 15.6. The number of aryl methyl sites for hydroxylation is 1. The third-order valence-corrected chi connectivity index (χ3v) is 7.14. The zero-order chi connectivity index (χ0) is 21.8. The van der Waals surface area contributed by atoms with E-state index in [4.69, 9.17) is 31.3 Å². The van der Waals surface area contributed by atoms with E-state index in [9.17, 15) is 4.79 Å². The number of imidazole rings is 1. The number of piperazine rings is 1. The fourth-order valence-corrected chi connectivity index (χ4v) is 5.47. The van der Waals surface area contributed by atoms with Crippen molar-refractivity contribution in [1.82, 2.24) is 24.4 Å². The number of ether oxygens (including phenoxy) is 1. The minimum atomic E-state index is 0.151. The summed E-state index contributed by atoms with van der Waals surface area (Å²) in [6, 6.07) is 8.19. The fourth-order valence-electron chi connectivity index (χ4n) is 5.25. The highest BCUT2D eigenvalue weighted by Gasteiger charge is 2.37. The van der Waals surface area contributed by atoms with Gasteiger partial charge in [-0.05, 0) is 31.9 Å². The average molecular weight is 453 g/mol. The Bertz CT molecular complexity index is 1200. The maximum atomic E-state index is 12.1. The van der Waals surface area contributed by atoms with E-state index in [0.29, 0.717) is 23.9 Å². The molecule has 2 unspecified atom stereocenters. The minimum Gasteiger partial charge on any atom is -0.379 e. The number of anilines is 1. The van der Waals surface area contributed by atoms with Crippen LogP contribution in [0.1, 0.15) is 31.1 Å². The summed E-state index contributed by atoms with van der Waals surface area (Å²) in [6.07, 6.45) is 2.45. The number of carbonyl (C=O) groups excluding carboxylic acids is 1. The van der Waals surface area contributed by atoms with E-state index in [1.807, 2.05) is 36.1 Å². The molecule has 0 aliphatic carbocycles. The molecule has 1 aromatic carbocycles. The van der Waals surface area contributed by atoms with Crippen LogP contribution in [-0.4, -0.2) is 69.2 Å². The van der Waals surface area contributed by atoms with Gasteiger partial charge in [-0.3, -0.25) is 4.79 Å². The number of hydrogen-bond donors (Lipinski definition) is 0. The molecule has 0 bridgehead atoms. The van der Waals surface area contributed by atoms with Crippen molar-refractivity contribution in [3.05, 3.63) is 35.1 Å². The van der Waals surface area contributed by atoms with Gasteiger partial charge in [0.1, 0.15) is 11.6 Å². The van der Waals surface area contributed by atoms with Gasteiger partial charge >= 0.3 is 0 Å². The highest BCUT2D eigenvalue weighted by Crippen LogP contribution is 2.37. The Labute approximate surface area is 191 Å². The normalized spacial score (nSPS) is 23.4. The van der Waals surface area contributed by atoms with Gasteiger partial charge in [0.2, 0.25) is 5.91 Å². The third kappa shape index (κ3) is 3.16. The fraction of sp³-hybridized carbons (Fsp3) is 0.478. The van der Waals surface area contributed by atoms with Gasteiger partial charge in [-0.25, -0.2) is 15.0 Å². The van der Waals surface area contributed by atoms with E-state index >= 15 is 0 Å². The number of halogens is 1. The molecule has 3 aliphatic rings. The smallest absolute Gasteiger partial charge is 0.223 e. The number of rotatable bonds is 3. The molecule has 5 heterocycles. The lowest BCUT2D eigenvalue weighted by Crippen LogP contribution is -2.51. The number of fused-ring (bicyclic) bond motifs is 2. The first-order valence-electron chi connectivity index (χ1n) is 11.2. The molecule has 3 saturated heterocycles. The predicted octanol–water partition coefficient (Wildman–Crippen LogP) is 3.23. The van der Waals surface area contributed by atoms with Gasteiger partial charge in [-0.2, -0.15) is 0 Å². The van der Waals surface area contributed by atoms with E-state index in [0.717, 1.165) is 67.5 Å². The van der Waals surface area contributed by atoms with Crippen LogP contribution in [-0.2, 0) is 9.53 Å². The Hall–Kier alpha value is -2.71. The third-order valence-electron chi connectivity index (χ3n) is 6.81. The van der Waals surface area contributed by atoms with Crippen LogP contribution < -0.4 is 4.90 Å². The molecule has 9 heteroatoms. The standard InChI is InChI=1S/C23H25ClN6O2/c1-14-25-22(28-9-10-29-15(12-28)6-7-19(29)31)20-23(26-14)30(16-8-11-32-13-16)21(27-20)17-4-2-3-5-18(17)24/h2-5,15-16H,6-13H2,1H3. The van der Waals surface area contributed by atoms with E-state index in [-0.39, 0.29) is 18.0 Å². The van der Waals surface area contributed by atoms with Crippen molar-refractivity contribution < 1.29 is 9.53 Å². The second-order valence-electron chi connectivity index (χ2n) is 8.79. The molecule has 3 aromatic rings. The van der Waals surface area contributed by atoms with Crippen molar-refractivity contribution in [3.63, 3.8) is 0 Å². The van der Waals surface area contributed by atoms with Gasteiger partial charge in [0, 0.05) is 44.3 Å². The maximum absolute atomic E-state index is 12.1. The van der Waals surface area contributed by atoms with Crippen molar-refractivity contribution in [2.45, 2.75) is 38.3 Å². The first kappa shape index (κ1) is 19.9. The van der Waals surface area contributed by atoms with Crippen LogP contribution in [0, 0.1) is 6.92 Å². The summed E-state index contributed by atoms with van der Waals surface area (Å²) in [6.45, 7) is 5.52. The molecule has 2 atom stereocenters. The van der Waals surface area contributed by atoms with Crippen LogP contribution in [0.2, 0.25) is 5.02 Å². The summed E-state index contributed by atoms with van der Waals surface area (Å²) in [5.74, 6) is 2.63. The molecule has 8 nitrogen and oxygen atoms in total. The lowest BCUT2D eigenvalue weighted by Gasteiger charge is -2.38. The molecular weight excluding hydrogens is 428 g/mol. The van der Waals surface area contributed by atoms with Crippen LogP contribution in [0.25, 0.3) is 22.6 Å². The molecule has 166 valence electrons. The molecule has 2 aromatic heterocycles. The Balaban J connectivity index is 1.51. The molecule has 6 rings (SSSR count). The van der Waals surface area contributed by atoms with E-state index in [1.54, 1.807) is 0 Å². The van der Waals surface area contributed by atoms with Gasteiger partial charge in [-0.15, -0.1) is 0 Å². The highest BCUT2D eigenvalue weighted by molar-refractivity contribution is 6.33. The zero-order valence-corrected chi connectivity index (χ0v) is 18.8. The maximum Gasteiger partial charge on any atom is 0.223 e. The van der Waals surface area contributed by atoms with Crippen molar-refractivity contribution in [3.8, 4) is 11.4 Å². The van der Waals surface area contributed by atoms with E-state index < -0.39 is 0 Å². The topological polar surface area (TPSA) is 76.4 Å². The van der Waals surface area contributed by atoms with Gasteiger partial charge in [0.05, 0.1) is 17.7 Å². The number of nitrogens with zero attached hydrogens (tertiary/aromatic N) is 6. The molecule has 32 heavy (non-hydrogen) atoms. The summed E-state index contributed by atoms with van der Waals surface area (Å²) < 4.78 is 7.90. The molecule has 3 fully saturated rings. The van der Waals surface area contributed by atoms with E-state index in [1.165, 1.54) is 0 Å². The summed E-state index contributed by atoms with van der Waals surface area (Å²) in [7, 11) is 0. The zero-order valence-electron chi connectivity index (χ0n) is 18.0. The SMILES string of the molecule is Cc1nc(N2CCN3C(=O)CCC3C2)c2nc(-c3ccccc3Cl)n(C3CCOC3)c2n1. The molecule has 1 amide bonds. The van der Waals surface area contributed by atoms with Crippen molar-refractivity contribution in [2.24, 2.45) is 0 Å². The largest absolute Gasteiger partial charge is 0.379 e. The van der Waals surface area contributed by atoms with Crippen LogP contribution in [0.15, 0.2) is 24.3 Å². The van der Waals surface area contributed by atoms with Crippen LogP contribution in [0.4, 0.5) is 5.82 Å². The molecular formula is C23H25ClN6O2. The van der Waals surface area contributed by atoms with Crippen molar-refractivity contribution in [2.75, 3.05) is 37.7 Å². The number of benzene rings is 1. The Morgan fingerprint density at radius 3 is 2.78 bits per heavy atom. The predicted molar refractivity (Wildman–Crippen MR) is 122 cm³/mol. The van der Waals surface area contributed by atoms with Gasteiger partial charge in [0.25, 0.3) is 0 Å². The Kier molecular flexibility index (Phi) is 4.80. The number of amides is 1. The number of hydrogen-bond acceptors (Lipinski definition) is 6. The molecule has 0 radical (unpaired) electrons. The molecule has 3 aliphatic heterocycles. The lowest BCUT2D eigenvalue weighted by molar-refractivity contribution is -0.129. The second-order valence-corrected chi connectivity index (χ2v) is 9.20. The van der Waals surface area contributed by atoms with Gasteiger partial charge < -0.3 is 19.1 Å². The molecule has 0 spiro atoms. The van der Waals surface area contributed by atoms with Crippen LogP contribution >= 0.6 is 11.6 Å². The monoisotopic (exact) mass is 452 g/mol. The summed E-state index contributed by atoms with van der Waals surface area (Å²) in [5.41, 5.74) is 2.49. The molecule has 0 saturated carbocycles. The number of aromatic nitrogens is 4. The summed E-state index contributed by atoms with van der Waals surface area (Å²) in [5, 5.41) is 0.660. The minimum absolute atomic E-state index is 0.151. The Morgan fingerprint density at radius 1 is 1.09 bits per heavy atom. The van der Waals surface area contributed by atoms with Gasteiger partial charge in [-0.1, -0.05) is 23.7 Å². The summed E-state index contributed by atoms with van der Waals surface area (Å²) >= 11 is 6.59. The average Bonchev–Trinajstić information content (AvgIpc) is 3.52. The first-order valence-corrected chi connectivity index (χ1v) is 11.6. The lowest BCUT2D eigenvalue weighted by atomic mass is 10.1. The number of carbonyl (C=O) groups is 1. The molecule has 0 N–H and O–H groups in total. The summed E-state index contributed by atoms with van der Waals surface area (Å²) in [4.78, 5) is 31.2. The van der Waals surface area contributed by atoms with Crippen LogP contribution in [0.3, 0.4) is 0 Å². The highest BCUT2D eigenvalue weighted by atomic mass is 35.5. The second kappa shape index (κ2) is 7.71.